The molecule has 0 radical (unpaired) electrons. The largest absolute Gasteiger partial charge is 0.376 e. The van der Waals surface area contributed by atoms with Gasteiger partial charge in [-0.2, -0.15) is 5.10 Å². The molecule has 1 aromatic heterocycles. The molecule has 1 aliphatic rings. The van der Waals surface area contributed by atoms with Crippen LogP contribution in [0.2, 0.25) is 0 Å². The Morgan fingerprint density at radius 3 is 3.00 bits per heavy atom. The highest BCUT2D eigenvalue weighted by molar-refractivity contribution is 5.76. The number of amides is 1. The van der Waals surface area contributed by atoms with Crippen molar-refractivity contribution >= 4 is 5.91 Å². The smallest absolute Gasteiger partial charge is 0.220 e. The van der Waals surface area contributed by atoms with Gasteiger partial charge in [-0.1, -0.05) is 6.92 Å². The van der Waals surface area contributed by atoms with Gasteiger partial charge in [-0.15, -0.1) is 0 Å². The fourth-order valence-electron chi connectivity index (χ4n) is 2.54. The minimum Gasteiger partial charge on any atom is -0.376 e. The molecule has 1 aromatic rings. The predicted octanol–water partition coefficient (Wildman–Crippen LogP) is 2.00. The molecular formula is C15H25N3O2. The molecule has 0 fully saturated rings. The summed E-state index contributed by atoms with van der Waals surface area (Å²) < 4.78 is 7.64. The van der Waals surface area contributed by atoms with Gasteiger partial charge in [-0.25, -0.2) is 0 Å². The fourth-order valence-corrected chi connectivity index (χ4v) is 2.54. The Kier molecular flexibility index (Phi) is 5.17. The van der Waals surface area contributed by atoms with Crippen LogP contribution in [0.25, 0.3) is 0 Å². The Labute approximate surface area is 120 Å². The third kappa shape index (κ3) is 3.39. The maximum Gasteiger partial charge on any atom is 0.220 e. The summed E-state index contributed by atoms with van der Waals surface area (Å²) in [4.78, 5) is 11.7. The van der Waals surface area contributed by atoms with Crippen LogP contribution >= 0.6 is 0 Å². The first-order valence-electron chi connectivity index (χ1n) is 7.57. The fraction of sp³-hybridized carbons (Fsp3) is 0.733. The molecule has 0 atom stereocenters. The topological polar surface area (TPSA) is 56.2 Å². The lowest BCUT2D eigenvalue weighted by molar-refractivity contribution is -0.121. The number of ether oxygens (including phenoxy) is 1. The van der Waals surface area contributed by atoms with E-state index in [0.29, 0.717) is 25.5 Å². The van der Waals surface area contributed by atoms with E-state index in [1.54, 1.807) is 0 Å². The van der Waals surface area contributed by atoms with E-state index in [-0.39, 0.29) is 5.91 Å². The van der Waals surface area contributed by atoms with Crippen molar-refractivity contribution in [1.82, 2.24) is 15.1 Å². The third-order valence-electron chi connectivity index (χ3n) is 3.58. The lowest BCUT2D eigenvalue weighted by atomic mass is 10.1. The SMILES string of the molecule is CCCNC(=O)CCc1nn(C(C)C)c2c1COCC2. The number of nitrogens with zero attached hydrogens (tertiary/aromatic N) is 2. The number of nitrogens with one attached hydrogen (secondary N) is 1. The maximum atomic E-state index is 11.7. The van der Waals surface area contributed by atoms with Gasteiger partial charge in [0.1, 0.15) is 0 Å². The van der Waals surface area contributed by atoms with Crippen LogP contribution in [-0.4, -0.2) is 28.8 Å². The summed E-state index contributed by atoms with van der Waals surface area (Å²) in [5, 5.41) is 7.61. The zero-order valence-electron chi connectivity index (χ0n) is 12.7. The molecule has 1 amide bonds. The van der Waals surface area contributed by atoms with E-state index in [0.717, 1.165) is 31.7 Å². The minimum absolute atomic E-state index is 0.108. The highest BCUT2D eigenvalue weighted by Gasteiger charge is 2.22. The zero-order valence-corrected chi connectivity index (χ0v) is 12.7. The van der Waals surface area contributed by atoms with Crippen LogP contribution in [0.4, 0.5) is 0 Å². The van der Waals surface area contributed by atoms with Crippen LogP contribution in [0.1, 0.15) is 56.6 Å². The molecular weight excluding hydrogens is 254 g/mol. The number of carbonyl (C=O) groups excluding carboxylic acids is 1. The first kappa shape index (κ1) is 15.0. The second-order valence-electron chi connectivity index (χ2n) is 5.56. The molecule has 1 aliphatic heterocycles. The number of hydrogen-bond donors (Lipinski definition) is 1. The van der Waals surface area contributed by atoms with Crippen molar-refractivity contribution in [3.63, 3.8) is 0 Å². The molecule has 2 heterocycles. The van der Waals surface area contributed by atoms with E-state index in [9.17, 15) is 4.79 Å². The molecule has 5 nitrogen and oxygen atoms in total. The summed E-state index contributed by atoms with van der Waals surface area (Å²) in [6.45, 7) is 8.48. The van der Waals surface area contributed by atoms with Gasteiger partial charge in [-0.3, -0.25) is 9.48 Å². The Morgan fingerprint density at radius 2 is 2.30 bits per heavy atom. The molecule has 5 heteroatoms. The second-order valence-corrected chi connectivity index (χ2v) is 5.56. The first-order valence-corrected chi connectivity index (χ1v) is 7.57. The predicted molar refractivity (Wildman–Crippen MR) is 77.6 cm³/mol. The summed E-state index contributed by atoms with van der Waals surface area (Å²) in [6.07, 6.45) is 3.09. The first-order chi connectivity index (χ1) is 9.63. The average Bonchev–Trinajstić information content (AvgIpc) is 2.82. The molecule has 0 unspecified atom stereocenters. The van der Waals surface area contributed by atoms with Crippen LogP contribution in [0.15, 0.2) is 0 Å². The van der Waals surface area contributed by atoms with Crippen LogP contribution in [-0.2, 0) is 29.0 Å². The van der Waals surface area contributed by atoms with Crippen LogP contribution in [0, 0.1) is 0 Å². The van der Waals surface area contributed by atoms with Crippen LogP contribution in [0.3, 0.4) is 0 Å². The van der Waals surface area contributed by atoms with Gasteiger partial charge in [-0.05, 0) is 20.3 Å². The zero-order chi connectivity index (χ0) is 14.5. The summed E-state index contributed by atoms with van der Waals surface area (Å²) in [6, 6.07) is 0.351. The van der Waals surface area contributed by atoms with Gasteiger partial charge >= 0.3 is 0 Å². The average molecular weight is 279 g/mol. The normalized spacial score (nSPS) is 14.4. The van der Waals surface area contributed by atoms with E-state index >= 15 is 0 Å². The second kappa shape index (κ2) is 6.88. The van der Waals surface area contributed by atoms with Gasteiger partial charge in [0.15, 0.2) is 0 Å². The van der Waals surface area contributed by atoms with Crippen molar-refractivity contribution in [2.45, 2.75) is 59.1 Å². The van der Waals surface area contributed by atoms with Gasteiger partial charge in [0, 0.05) is 43.1 Å². The van der Waals surface area contributed by atoms with E-state index < -0.39 is 0 Å². The van der Waals surface area contributed by atoms with Crippen molar-refractivity contribution in [2.75, 3.05) is 13.2 Å². The highest BCUT2D eigenvalue weighted by atomic mass is 16.5. The summed E-state index contributed by atoms with van der Waals surface area (Å²) in [5.74, 6) is 0.108. The number of carbonyl (C=O) groups is 1. The van der Waals surface area contributed by atoms with Gasteiger partial charge in [0.05, 0.1) is 18.9 Å². The number of fused-ring (bicyclic) bond motifs is 1. The Morgan fingerprint density at radius 1 is 1.50 bits per heavy atom. The molecule has 0 aromatic carbocycles. The number of rotatable bonds is 6. The maximum absolute atomic E-state index is 11.7. The summed E-state index contributed by atoms with van der Waals surface area (Å²) in [5.41, 5.74) is 3.52. The van der Waals surface area contributed by atoms with Crippen molar-refractivity contribution in [3.8, 4) is 0 Å². The lowest BCUT2D eigenvalue weighted by Gasteiger charge is -2.16. The highest BCUT2D eigenvalue weighted by Crippen LogP contribution is 2.24. The number of aromatic nitrogens is 2. The van der Waals surface area contributed by atoms with Crippen molar-refractivity contribution in [1.29, 1.82) is 0 Å². The molecule has 0 aliphatic carbocycles. The molecule has 0 spiro atoms. The van der Waals surface area contributed by atoms with Crippen LogP contribution < -0.4 is 5.32 Å². The minimum atomic E-state index is 0.108. The van der Waals surface area contributed by atoms with Gasteiger partial charge < -0.3 is 10.1 Å². The molecule has 0 saturated heterocycles. The molecule has 2 rings (SSSR count). The molecule has 20 heavy (non-hydrogen) atoms. The Balaban J connectivity index is 2.06. The molecule has 0 saturated carbocycles. The lowest BCUT2D eigenvalue weighted by Crippen LogP contribution is -2.24. The third-order valence-corrected chi connectivity index (χ3v) is 3.58. The van der Waals surface area contributed by atoms with Gasteiger partial charge in [0.2, 0.25) is 5.91 Å². The molecule has 0 bridgehead atoms. The monoisotopic (exact) mass is 279 g/mol. The number of hydrogen-bond acceptors (Lipinski definition) is 3. The van der Waals surface area contributed by atoms with E-state index in [1.165, 1.54) is 11.3 Å². The van der Waals surface area contributed by atoms with Gasteiger partial charge in [0.25, 0.3) is 0 Å². The van der Waals surface area contributed by atoms with E-state index in [2.05, 4.69) is 30.8 Å². The van der Waals surface area contributed by atoms with E-state index in [1.807, 2.05) is 0 Å². The summed E-state index contributed by atoms with van der Waals surface area (Å²) >= 11 is 0. The standard InChI is InChI=1S/C15H25N3O2/c1-4-8-16-15(19)6-5-13-12-10-20-9-7-14(12)18(17-13)11(2)3/h11H,4-10H2,1-3H3,(H,16,19). The van der Waals surface area contributed by atoms with E-state index in [4.69, 9.17) is 9.84 Å². The molecule has 1 N–H and O–H groups in total. The summed E-state index contributed by atoms with van der Waals surface area (Å²) in [7, 11) is 0. The van der Waals surface area contributed by atoms with Crippen molar-refractivity contribution in [2.24, 2.45) is 0 Å². The molecule has 112 valence electrons. The van der Waals surface area contributed by atoms with Crippen molar-refractivity contribution in [3.05, 3.63) is 17.0 Å². The Bertz CT molecular complexity index is 466. The Hall–Kier alpha value is -1.36. The van der Waals surface area contributed by atoms with Crippen LogP contribution in [0.5, 0.6) is 0 Å². The quantitative estimate of drug-likeness (QED) is 0.866. The number of aryl methyl sites for hydroxylation is 1. The van der Waals surface area contributed by atoms with Crippen molar-refractivity contribution < 1.29 is 9.53 Å².